The number of benzene rings is 2. The lowest BCUT2D eigenvalue weighted by Crippen LogP contribution is -2.38. The van der Waals surface area contributed by atoms with E-state index >= 15 is 0 Å². The molecule has 0 saturated carbocycles. The Morgan fingerprint density at radius 3 is 2.72 bits per heavy atom. The minimum Gasteiger partial charge on any atom is -0.497 e. The highest BCUT2D eigenvalue weighted by Crippen LogP contribution is 2.22. The van der Waals surface area contributed by atoms with E-state index in [0.29, 0.717) is 12.2 Å². The van der Waals surface area contributed by atoms with Crippen molar-refractivity contribution < 1.29 is 18.7 Å². The summed E-state index contributed by atoms with van der Waals surface area (Å²) in [4.78, 5) is 25.8. The van der Waals surface area contributed by atoms with Gasteiger partial charge >= 0.3 is 0 Å². The fraction of sp³-hybridized carbons (Fsp3) is 0.263. The van der Waals surface area contributed by atoms with Crippen molar-refractivity contribution in [3.05, 3.63) is 59.9 Å². The van der Waals surface area contributed by atoms with Gasteiger partial charge in [0.25, 0.3) is 0 Å². The van der Waals surface area contributed by atoms with Crippen LogP contribution in [0.4, 0.5) is 10.1 Å². The van der Waals surface area contributed by atoms with E-state index in [1.165, 1.54) is 17.0 Å². The number of rotatable bonds is 5. The number of nitrogens with zero attached hydrogens (tertiary/aromatic N) is 1. The van der Waals surface area contributed by atoms with Crippen molar-refractivity contribution in [3.8, 4) is 5.75 Å². The second kappa shape index (κ2) is 7.34. The van der Waals surface area contributed by atoms with E-state index < -0.39 is 5.82 Å². The van der Waals surface area contributed by atoms with E-state index in [1.54, 1.807) is 31.4 Å². The summed E-state index contributed by atoms with van der Waals surface area (Å²) in [5.41, 5.74) is 1.38. The van der Waals surface area contributed by atoms with E-state index in [4.69, 9.17) is 4.74 Å². The molecule has 0 bridgehead atoms. The minimum atomic E-state index is -0.391. The van der Waals surface area contributed by atoms with Crippen LogP contribution < -0.4 is 15.0 Å². The summed E-state index contributed by atoms with van der Waals surface area (Å²) in [5.74, 6) is 0.0676. The van der Waals surface area contributed by atoms with Gasteiger partial charge in [0, 0.05) is 18.7 Å². The molecule has 0 aromatic heterocycles. The monoisotopic (exact) mass is 342 g/mol. The first-order chi connectivity index (χ1) is 12.0. The van der Waals surface area contributed by atoms with Gasteiger partial charge < -0.3 is 15.0 Å². The molecule has 25 heavy (non-hydrogen) atoms. The summed E-state index contributed by atoms with van der Waals surface area (Å²) >= 11 is 0. The molecule has 1 atom stereocenters. The molecule has 3 rings (SSSR count). The van der Waals surface area contributed by atoms with Gasteiger partial charge in [-0.1, -0.05) is 18.2 Å². The van der Waals surface area contributed by atoms with Crippen LogP contribution in [-0.4, -0.2) is 31.5 Å². The van der Waals surface area contributed by atoms with Crippen LogP contribution in [0.5, 0.6) is 5.75 Å². The van der Waals surface area contributed by atoms with Gasteiger partial charge in [0.15, 0.2) is 0 Å². The van der Waals surface area contributed by atoms with Crippen LogP contribution in [0.3, 0.4) is 0 Å². The lowest BCUT2D eigenvalue weighted by Gasteiger charge is -2.17. The summed E-state index contributed by atoms with van der Waals surface area (Å²) in [6, 6.07) is 12.9. The van der Waals surface area contributed by atoms with E-state index in [-0.39, 0.29) is 30.7 Å². The Kier molecular flexibility index (Phi) is 4.97. The molecule has 1 saturated heterocycles. The largest absolute Gasteiger partial charge is 0.497 e. The molecule has 1 fully saturated rings. The molecule has 2 aromatic carbocycles. The number of hydrogen-bond donors (Lipinski definition) is 1. The summed E-state index contributed by atoms with van der Waals surface area (Å²) in [7, 11) is 1.59. The number of carbonyl (C=O) groups is 2. The maximum Gasteiger partial charge on any atom is 0.229 e. The lowest BCUT2D eigenvalue weighted by molar-refractivity contribution is -0.121. The molecule has 1 aliphatic heterocycles. The maximum atomic E-state index is 13.3. The van der Waals surface area contributed by atoms with Gasteiger partial charge in [-0.05, 0) is 35.9 Å². The van der Waals surface area contributed by atoms with Gasteiger partial charge in [0.2, 0.25) is 11.8 Å². The second-order valence-electron chi connectivity index (χ2n) is 5.98. The quantitative estimate of drug-likeness (QED) is 0.907. The number of ether oxygens (including phenoxy) is 1. The average Bonchev–Trinajstić information content (AvgIpc) is 2.95. The van der Waals surface area contributed by atoms with Gasteiger partial charge in [-0.2, -0.15) is 0 Å². The molecule has 2 amide bonds. The molecule has 1 aliphatic rings. The SMILES string of the molecule is COc1ccc(CC(=O)N[C@H]2CC(=O)N(c3cccc(F)c3)C2)cc1. The summed E-state index contributed by atoms with van der Waals surface area (Å²) in [6.45, 7) is 0.344. The van der Waals surface area contributed by atoms with Crippen LogP contribution in [0.25, 0.3) is 0 Å². The van der Waals surface area contributed by atoms with Crippen LogP contribution in [0.1, 0.15) is 12.0 Å². The van der Waals surface area contributed by atoms with E-state index in [2.05, 4.69) is 5.32 Å². The van der Waals surface area contributed by atoms with Crippen LogP contribution in [0.15, 0.2) is 48.5 Å². The molecular formula is C19H19FN2O3. The minimum absolute atomic E-state index is 0.125. The number of nitrogens with one attached hydrogen (secondary N) is 1. The highest BCUT2D eigenvalue weighted by molar-refractivity contribution is 5.96. The second-order valence-corrected chi connectivity index (χ2v) is 5.98. The maximum absolute atomic E-state index is 13.3. The van der Waals surface area contributed by atoms with Crippen molar-refractivity contribution in [2.45, 2.75) is 18.9 Å². The molecule has 6 heteroatoms. The Bertz CT molecular complexity index is 776. The normalized spacial score (nSPS) is 16.8. The standard InChI is InChI=1S/C19H19FN2O3/c1-25-17-7-5-13(6-8-17)9-18(23)21-15-11-19(24)22(12-15)16-4-2-3-14(20)10-16/h2-8,10,15H,9,11-12H2,1H3,(H,21,23)/t15-/m0/s1. The number of methoxy groups -OCH3 is 1. The topological polar surface area (TPSA) is 58.6 Å². The first-order valence-corrected chi connectivity index (χ1v) is 8.03. The molecule has 1 heterocycles. The van der Waals surface area contributed by atoms with Gasteiger partial charge in [-0.25, -0.2) is 4.39 Å². The molecule has 1 N–H and O–H groups in total. The van der Waals surface area contributed by atoms with Crippen molar-refractivity contribution in [3.63, 3.8) is 0 Å². The Morgan fingerprint density at radius 1 is 1.28 bits per heavy atom. The summed E-state index contributed by atoms with van der Waals surface area (Å²) in [6.07, 6.45) is 0.444. The molecule has 0 spiro atoms. The number of halogens is 1. The van der Waals surface area contributed by atoms with Gasteiger partial charge in [-0.15, -0.1) is 0 Å². The Balaban J connectivity index is 1.58. The number of anilines is 1. The summed E-state index contributed by atoms with van der Waals surface area (Å²) in [5, 5.41) is 2.87. The van der Waals surface area contributed by atoms with E-state index in [1.807, 2.05) is 12.1 Å². The predicted octanol–water partition coefficient (Wildman–Crippen LogP) is 2.30. The van der Waals surface area contributed by atoms with Crippen LogP contribution in [0.2, 0.25) is 0 Å². The molecular weight excluding hydrogens is 323 g/mol. The predicted molar refractivity (Wildman–Crippen MR) is 92.0 cm³/mol. The van der Waals surface area contributed by atoms with Crippen molar-refractivity contribution >= 4 is 17.5 Å². The first-order valence-electron chi connectivity index (χ1n) is 8.03. The molecule has 0 aliphatic carbocycles. The van der Waals surface area contributed by atoms with Crippen molar-refractivity contribution in [2.24, 2.45) is 0 Å². The number of hydrogen-bond acceptors (Lipinski definition) is 3. The molecule has 130 valence electrons. The molecule has 5 nitrogen and oxygen atoms in total. The Morgan fingerprint density at radius 2 is 2.04 bits per heavy atom. The van der Waals surface area contributed by atoms with E-state index in [0.717, 1.165) is 11.3 Å². The first kappa shape index (κ1) is 17.0. The molecule has 0 unspecified atom stereocenters. The van der Waals surface area contributed by atoms with Gasteiger partial charge in [0.1, 0.15) is 11.6 Å². The van der Waals surface area contributed by atoms with Gasteiger partial charge in [0.05, 0.1) is 19.6 Å². The molecule has 2 aromatic rings. The fourth-order valence-corrected chi connectivity index (χ4v) is 2.91. The summed E-state index contributed by atoms with van der Waals surface area (Å²) < 4.78 is 18.4. The third-order valence-electron chi connectivity index (χ3n) is 4.13. The highest BCUT2D eigenvalue weighted by atomic mass is 19.1. The zero-order chi connectivity index (χ0) is 17.8. The Hall–Kier alpha value is -2.89. The van der Waals surface area contributed by atoms with Crippen LogP contribution >= 0.6 is 0 Å². The van der Waals surface area contributed by atoms with Crippen LogP contribution in [0, 0.1) is 5.82 Å². The van der Waals surface area contributed by atoms with E-state index in [9.17, 15) is 14.0 Å². The van der Waals surface area contributed by atoms with Crippen LogP contribution in [-0.2, 0) is 16.0 Å². The highest BCUT2D eigenvalue weighted by Gasteiger charge is 2.31. The zero-order valence-corrected chi connectivity index (χ0v) is 13.9. The molecule has 0 radical (unpaired) electrons. The van der Waals surface area contributed by atoms with Gasteiger partial charge in [-0.3, -0.25) is 9.59 Å². The lowest BCUT2D eigenvalue weighted by atomic mass is 10.1. The van der Waals surface area contributed by atoms with Crippen molar-refractivity contribution in [1.29, 1.82) is 0 Å². The smallest absolute Gasteiger partial charge is 0.229 e. The third kappa shape index (κ3) is 4.15. The Labute approximate surface area is 145 Å². The average molecular weight is 342 g/mol. The zero-order valence-electron chi connectivity index (χ0n) is 13.9. The number of amides is 2. The fourth-order valence-electron chi connectivity index (χ4n) is 2.91. The van der Waals surface area contributed by atoms with Crippen molar-refractivity contribution in [1.82, 2.24) is 5.32 Å². The number of carbonyl (C=O) groups excluding carboxylic acids is 2. The van der Waals surface area contributed by atoms with Crippen molar-refractivity contribution in [2.75, 3.05) is 18.6 Å². The third-order valence-corrected chi connectivity index (χ3v) is 4.13.